The summed E-state index contributed by atoms with van der Waals surface area (Å²) < 4.78 is 0. The number of hydrogen-bond donors (Lipinski definition) is 3. The molecule has 94 valence electrons. The Morgan fingerprint density at radius 1 is 1.44 bits per heavy atom. The van der Waals surface area contributed by atoms with E-state index in [0.717, 1.165) is 25.7 Å². The van der Waals surface area contributed by atoms with Gasteiger partial charge in [0.1, 0.15) is 0 Å². The molecule has 0 aliphatic heterocycles. The van der Waals surface area contributed by atoms with Crippen molar-refractivity contribution < 1.29 is 9.90 Å². The number of aliphatic hydroxyl groups excluding tert-OH is 1. The van der Waals surface area contributed by atoms with Crippen LogP contribution in [0.1, 0.15) is 39.5 Å². The summed E-state index contributed by atoms with van der Waals surface area (Å²) in [5, 5.41) is 12.1. The monoisotopic (exact) mass is 228 g/mol. The molecule has 1 aliphatic rings. The van der Waals surface area contributed by atoms with Crippen molar-refractivity contribution in [3.63, 3.8) is 0 Å². The van der Waals surface area contributed by atoms with Crippen molar-refractivity contribution in [2.75, 3.05) is 19.7 Å². The van der Waals surface area contributed by atoms with Gasteiger partial charge in [-0.25, -0.2) is 0 Å². The molecule has 16 heavy (non-hydrogen) atoms. The van der Waals surface area contributed by atoms with Crippen LogP contribution in [-0.4, -0.2) is 30.7 Å². The second-order valence-electron chi connectivity index (χ2n) is 5.03. The van der Waals surface area contributed by atoms with E-state index in [1.807, 2.05) is 13.8 Å². The standard InChI is InChI=1S/C12H24N2O2/c1-3-12(4-2,7-13)10(16)14-8-11(9-15)5-6-11/h15H,3-9,13H2,1-2H3,(H,14,16). The molecular formula is C12H24N2O2. The van der Waals surface area contributed by atoms with Gasteiger partial charge in [0.05, 0.1) is 12.0 Å². The molecule has 1 amide bonds. The van der Waals surface area contributed by atoms with Crippen LogP contribution >= 0.6 is 0 Å². The average molecular weight is 228 g/mol. The highest BCUT2D eigenvalue weighted by Crippen LogP contribution is 2.44. The summed E-state index contributed by atoms with van der Waals surface area (Å²) >= 11 is 0. The minimum absolute atomic E-state index is 0.0303. The van der Waals surface area contributed by atoms with Crippen molar-refractivity contribution in [1.29, 1.82) is 0 Å². The molecule has 0 aromatic carbocycles. The third-order valence-corrected chi connectivity index (χ3v) is 4.14. The van der Waals surface area contributed by atoms with Gasteiger partial charge in [0.25, 0.3) is 0 Å². The smallest absolute Gasteiger partial charge is 0.227 e. The van der Waals surface area contributed by atoms with E-state index >= 15 is 0 Å². The van der Waals surface area contributed by atoms with Crippen molar-refractivity contribution >= 4 is 5.91 Å². The van der Waals surface area contributed by atoms with Crippen LogP contribution in [0.2, 0.25) is 0 Å². The number of rotatable bonds is 7. The molecule has 4 nitrogen and oxygen atoms in total. The Morgan fingerprint density at radius 2 is 2.00 bits per heavy atom. The number of nitrogens with two attached hydrogens (primary N) is 1. The van der Waals surface area contributed by atoms with Crippen LogP contribution in [-0.2, 0) is 4.79 Å². The van der Waals surface area contributed by atoms with E-state index < -0.39 is 5.41 Å². The molecule has 0 atom stereocenters. The van der Waals surface area contributed by atoms with Crippen molar-refractivity contribution in [1.82, 2.24) is 5.32 Å². The molecule has 0 bridgehead atoms. The Labute approximate surface area is 97.6 Å². The summed E-state index contributed by atoms with van der Waals surface area (Å²) in [6, 6.07) is 0. The summed E-state index contributed by atoms with van der Waals surface area (Å²) in [5.74, 6) is 0.0414. The largest absolute Gasteiger partial charge is 0.396 e. The van der Waals surface area contributed by atoms with Crippen LogP contribution < -0.4 is 11.1 Å². The van der Waals surface area contributed by atoms with E-state index in [-0.39, 0.29) is 17.9 Å². The van der Waals surface area contributed by atoms with Gasteiger partial charge in [-0.15, -0.1) is 0 Å². The van der Waals surface area contributed by atoms with E-state index in [1.54, 1.807) is 0 Å². The molecule has 0 aromatic rings. The molecule has 4 N–H and O–H groups in total. The van der Waals surface area contributed by atoms with Gasteiger partial charge in [-0.05, 0) is 25.7 Å². The molecule has 4 heteroatoms. The summed E-state index contributed by atoms with van der Waals surface area (Å²) in [7, 11) is 0. The van der Waals surface area contributed by atoms with Crippen molar-refractivity contribution in [2.45, 2.75) is 39.5 Å². The van der Waals surface area contributed by atoms with Gasteiger partial charge in [-0.2, -0.15) is 0 Å². The molecular weight excluding hydrogens is 204 g/mol. The number of aliphatic hydroxyl groups is 1. The second-order valence-corrected chi connectivity index (χ2v) is 5.03. The molecule has 1 aliphatic carbocycles. The first-order valence-corrected chi connectivity index (χ1v) is 6.17. The lowest BCUT2D eigenvalue weighted by Gasteiger charge is -2.29. The normalized spacial score (nSPS) is 18.2. The van der Waals surface area contributed by atoms with Crippen molar-refractivity contribution in [3.8, 4) is 0 Å². The zero-order valence-corrected chi connectivity index (χ0v) is 10.4. The Kier molecular flexibility index (Phi) is 4.33. The maximum absolute atomic E-state index is 12.1. The Morgan fingerprint density at radius 3 is 2.31 bits per heavy atom. The molecule has 0 saturated heterocycles. The van der Waals surface area contributed by atoms with E-state index in [4.69, 9.17) is 10.8 Å². The minimum atomic E-state index is -0.425. The SMILES string of the molecule is CCC(CC)(CN)C(=O)NCC1(CO)CC1. The number of hydrogen-bond acceptors (Lipinski definition) is 3. The lowest BCUT2D eigenvalue weighted by molar-refractivity contribution is -0.131. The highest BCUT2D eigenvalue weighted by Gasteiger charge is 2.43. The highest BCUT2D eigenvalue weighted by atomic mass is 16.3. The van der Waals surface area contributed by atoms with Gasteiger partial charge >= 0.3 is 0 Å². The van der Waals surface area contributed by atoms with Crippen LogP contribution in [0.25, 0.3) is 0 Å². The fraction of sp³-hybridized carbons (Fsp3) is 0.917. The molecule has 0 spiro atoms. The number of carbonyl (C=O) groups excluding carboxylic acids is 1. The lowest BCUT2D eigenvalue weighted by Crippen LogP contribution is -2.47. The molecule has 1 saturated carbocycles. The predicted molar refractivity (Wildman–Crippen MR) is 63.8 cm³/mol. The summed E-state index contributed by atoms with van der Waals surface area (Å²) in [6.45, 7) is 5.13. The molecule has 1 fully saturated rings. The van der Waals surface area contributed by atoms with Gasteiger partial charge in [0.15, 0.2) is 0 Å². The van der Waals surface area contributed by atoms with Gasteiger partial charge in [0.2, 0.25) is 5.91 Å². The Hall–Kier alpha value is -0.610. The van der Waals surface area contributed by atoms with Gasteiger partial charge in [-0.1, -0.05) is 13.8 Å². The molecule has 0 unspecified atom stereocenters. The fourth-order valence-electron chi connectivity index (χ4n) is 1.98. The fourth-order valence-corrected chi connectivity index (χ4v) is 1.98. The molecule has 1 rings (SSSR count). The minimum Gasteiger partial charge on any atom is -0.396 e. The van der Waals surface area contributed by atoms with Gasteiger partial charge in [0, 0.05) is 18.5 Å². The molecule has 0 heterocycles. The first-order chi connectivity index (χ1) is 7.58. The van der Waals surface area contributed by atoms with E-state index in [1.165, 1.54) is 0 Å². The quantitative estimate of drug-likeness (QED) is 0.598. The number of carbonyl (C=O) groups is 1. The zero-order chi connectivity index (χ0) is 12.2. The maximum atomic E-state index is 12.1. The van der Waals surface area contributed by atoms with Crippen LogP contribution in [0.15, 0.2) is 0 Å². The maximum Gasteiger partial charge on any atom is 0.227 e. The third-order valence-electron chi connectivity index (χ3n) is 4.14. The van der Waals surface area contributed by atoms with Crippen LogP contribution in [0.3, 0.4) is 0 Å². The molecule has 0 aromatic heterocycles. The first kappa shape index (κ1) is 13.5. The Bertz CT molecular complexity index is 237. The zero-order valence-electron chi connectivity index (χ0n) is 10.4. The summed E-state index contributed by atoms with van der Waals surface area (Å²) in [5.41, 5.74) is 5.25. The lowest BCUT2D eigenvalue weighted by atomic mass is 9.81. The van der Waals surface area contributed by atoms with Gasteiger partial charge in [-0.3, -0.25) is 4.79 Å². The van der Waals surface area contributed by atoms with Gasteiger partial charge < -0.3 is 16.2 Å². The molecule has 0 radical (unpaired) electrons. The van der Waals surface area contributed by atoms with Crippen molar-refractivity contribution in [3.05, 3.63) is 0 Å². The Balaban J connectivity index is 2.50. The number of nitrogens with one attached hydrogen (secondary N) is 1. The second kappa shape index (κ2) is 5.15. The average Bonchev–Trinajstić information content (AvgIpc) is 3.10. The first-order valence-electron chi connectivity index (χ1n) is 6.17. The van der Waals surface area contributed by atoms with Crippen LogP contribution in [0.5, 0.6) is 0 Å². The summed E-state index contributed by atoms with van der Waals surface area (Å²) in [4.78, 5) is 12.1. The summed E-state index contributed by atoms with van der Waals surface area (Å²) in [6.07, 6.45) is 3.55. The third kappa shape index (κ3) is 2.55. The van der Waals surface area contributed by atoms with Crippen molar-refractivity contribution in [2.24, 2.45) is 16.6 Å². The van der Waals surface area contributed by atoms with E-state index in [0.29, 0.717) is 13.1 Å². The predicted octanol–water partition coefficient (Wildman–Crippen LogP) is 0.640. The number of amides is 1. The van der Waals surface area contributed by atoms with E-state index in [2.05, 4.69) is 5.32 Å². The van der Waals surface area contributed by atoms with Crippen LogP contribution in [0, 0.1) is 10.8 Å². The topological polar surface area (TPSA) is 75.4 Å². The highest BCUT2D eigenvalue weighted by molar-refractivity contribution is 5.82. The van der Waals surface area contributed by atoms with Crippen LogP contribution in [0.4, 0.5) is 0 Å². The van der Waals surface area contributed by atoms with E-state index in [9.17, 15) is 4.79 Å².